The van der Waals surface area contributed by atoms with Crippen molar-refractivity contribution in [2.24, 2.45) is 10.2 Å². The Balaban J connectivity index is 1.74. The van der Waals surface area contributed by atoms with Crippen LogP contribution >= 0.6 is 11.8 Å². The lowest BCUT2D eigenvalue weighted by atomic mass is 10.2. The molecule has 0 aromatic heterocycles. The van der Waals surface area contributed by atoms with Crippen LogP contribution in [0.15, 0.2) is 46.6 Å². The molecule has 27 heavy (non-hydrogen) atoms. The van der Waals surface area contributed by atoms with Crippen LogP contribution in [-0.4, -0.2) is 41.0 Å². The molecule has 1 aliphatic heterocycles. The largest absolute Gasteiger partial charge is 0.550 e. The summed E-state index contributed by atoms with van der Waals surface area (Å²) in [5, 5.41) is 23.0. The number of hydrogen-bond donors (Lipinski definition) is 2. The Bertz CT molecular complexity index is 762. The van der Waals surface area contributed by atoms with E-state index in [1.54, 1.807) is 6.08 Å². The van der Waals surface area contributed by atoms with Crippen LogP contribution in [0.25, 0.3) is 6.08 Å². The summed E-state index contributed by atoms with van der Waals surface area (Å²) in [5.41, 5.74) is 1.03. The Morgan fingerprint density at radius 1 is 1.30 bits per heavy atom. The second kappa shape index (κ2) is 10.9. The number of rotatable bonds is 9. The Labute approximate surface area is 160 Å². The summed E-state index contributed by atoms with van der Waals surface area (Å²) in [6.07, 6.45) is 5.26. The molecule has 1 heterocycles. The van der Waals surface area contributed by atoms with Crippen LogP contribution in [0, 0.1) is 0 Å². The Morgan fingerprint density at radius 3 is 2.81 bits per heavy atom. The number of benzene rings is 1. The number of aliphatic carboxylic acids is 1. The van der Waals surface area contributed by atoms with E-state index in [2.05, 4.69) is 20.8 Å². The van der Waals surface area contributed by atoms with E-state index in [1.165, 1.54) is 6.21 Å². The van der Waals surface area contributed by atoms with Crippen LogP contribution in [0.1, 0.15) is 24.8 Å². The number of thioether (sulfide) groups is 1. The van der Waals surface area contributed by atoms with Gasteiger partial charge in [-0.2, -0.15) is 5.10 Å². The maximum atomic E-state index is 11.9. The van der Waals surface area contributed by atoms with Crippen molar-refractivity contribution in [3.8, 4) is 0 Å². The van der Waals surface area contributed by atoms with Gasteiger partial charge in [0, 0.05) is 25.1 Å². The summed E-state index contributed by atoms with van der Waals surface area (Å²) in [6.45, 7) is 0.227. The zero-order valence-electron chi connectivity index (χ0n) is 14.5. The highest BCUT2D eigenvalue weighted by Crippen LogP contribution is 2.22. The van der Waals surface area contributed by atoms with Crippen molar-refractivity contribution < 1.29 is 19.5 Å². The van der Waals surface area contributed by atoms with Gasteiger partial charge in [0.25, 0.3) is 0 Å². The smallest absolute Gasteiger partial charge is 0.240 e. The van der Waals surface area contributed by atoms with Gasteiger partial charge in [0.2, 0.25) is 11.8 Å². The minimum atomic E-state index is -1.16. The molecule has 0 saturated carbocycles. The summed E-state index contributed by atoms with van der Waals surface area (Å²) in [7, 11) is 0. The number of carbonyl (C=O) groups excluding carboxylic acids is 3. The zero-order chi connectivity index (χ0) is 19.5. The average molecular weight is 387 g/mol. The van der Waals surface area contributed by atoms with Crippen molar-refractivity contribution in [3.05, 3.63) is 42.0 Å². The van der Waals surface area contributed by atoms with Gasteiger partial charge in [-0.05, 0) is 24.5 Å². The highest BCUT2D eigenvalue weighted by Gasteiger charge is 2.32. The first-order valence-corrected chi connectivity index (χ1v) is 9.19. The number of amides is 2. The average Bonchev–Trinajstić information content (AvgIpc) is 2.98. The van der Waals surface area contributed by atoms with E-state index in [9.17, 15) is 19.5 Å². The highest BCUT2D eigenvalue weighted by molar-refractivity contribution is 8.15. The number of carboxylic acid groups (broad SMARTS) is 1. The molecule has 0 radical (unpaired) electrons. The third kappa shape index (κ3) is 7.87. The predicted molar refractivity (Wildman–Crippen MR) is 103 cm³/mol. The molecule has 0 aliphatic carbocycles. The number of carboxylic acids is 1. The second-order valence-corrected chi connectivity index (χ2v) is 6.76. The van der Waals surface area contributed by atoms with Gasteiger partial charge in [-0.15, -0.1) is 5.10 Å². The van der Waals surface area contributed by atoms with Gasteiger partial charge in [0.05, 0.1) is 0 Å². The molecule has 1 fully saturated rings. The molecule has 142 valence electrons. The molecule has 1 atom stereocenters. The minimum Gasteiger partial charge on any atom is -0.550 e. The fraction of sp³-hybridized carbons (Fsp3) is 0.278. The van der Waals surface area contributed by atoms with Crippen molar-refractivity contribution in [1.29, 1.82) is 0 Å². The van der Waals surface area contributed by atoms with E-state index in [1.807, 2.05) is 36.4 Å². The van der Waals surface area contributed by atoms with Gasteiger partial charge < -0.3 is 20.5 Å². The van der Waals surface area contributed by atoms with Crippen LogP contribution in [0.3, 0.4) is 0 Å². The third-order valence-corrected chi connectivity index (χ3v) is 4.49. The first-order chi connectivity index (χ1) is 13.0. The maximum absolute atomic E-state index is 11.9. The molecular weight excluding hydrogens is 368 g/mol. The quantitative estimate of drug-likeness (QED) is 0.359. The van der Waals surface area contributed by atoms with Crippen LogP contribution in [-0.2, 0) is 14.4 Å². The molecule has 1 aliphatic rings. The standard InChI is InChI=1S/C18H20N4O4S/c23-15(19-10-5-9-16(24)25)12-14-17(26)21-18(27-14)22-20-11-4-8-13-6-2-1-3-7-13/h1-4,6-8,11,14H,5,9-10,12H2,(H,19,23)(H,24,25)(H,21,22,26)/p-1/b8-4+,20-11-/t14-/m0/s1. The van der Waals surface area contributed by atoms with E-state index >= 15 is 0 Å². The van der Waals surface area contributed by atoms with Gasteiger partial charge >= 0.3 is 0 Å². The molecule has 2 rings (SSSR count). The first kappa shape index (κ1) is 20.4. The third-order valence-electron chi connectivity index (χ3n) is 3.42. The lowest BCUT2D eigenvalue weighted by Gasteiger charge is -2.07. The van der Waals surface area contributed by atoms with Gasteiger partial charge in [-0.3, -0.25) is 9.59 Å². The normalized spacial score (nSPS) is 18.3. The molecule has 0 unspecified atom stereocenters. The number of amidine groups is 1. The van der Waals surface area contributed by atoms with E-state index in [0.29, 0.717) is 5.17 Å². The lowest BCUT2D eigenvalue weighted by molar-refractivity contribution is -0.305. The summed E-state index contributed by atoms with van der Waals surface area (Å²) < 4.78 is 0. The Hall–Kier alpha value is -2.94. The monoisotopic (exact) mass is 387 g/mol. The topological polar surface area (TPSA) is 123 Å². The summed E-state index contributed by atoms with van der Waals surface area (Å²) >= 11 is 1.13. The fourth-order valence-corrected chi connectivity index (χ4v) is 3.05. The van der Waals surface area contributed by atoms with E-state index in [0.717, 1.165) is 17.3 Å². The number of nitrogens with one attached hydrogen (secondary N) is 2. The molecule has 1 saturated heterocycles. The molecule has 0 spiro atoms. The highest BCUT2D eigenvalue weighted by atomic mass is 32.2. The van der Waals surface area contributed by atoms with E-state index < -0.39 is 11.2 Å². The van der Waals surface area contributed by atoms with Crippen molar-refractivity contribution >= 4 is 47.0 Å². The molecule has 2 amide bonds. The van der Waals surface area contributed by atoms with E-state index in [-0.39, 0.29) is 37.6 Å². The molecule has 0 bridgehead atoms. The summed E-state index contributed by atoms with van der Waals surface area (Å²) in [4.78, 5) is 33.9. The number of allylic oxidation sites excluding steroid dienone is 1. The number of carbonyl (C=O) groups is 3. The Kier molecular flexibility index (Phi) is 8.24. The Morgan fingerprint density at radius 2 is 2.07 bits per heavy atom. The first-order valence-electron chi connectivity index (χ1n) is 8.31. The number of hydrogen-bond acceptors (Lipinski definition) is 7. The van der Waals surface area contributed by atoms with Gasteiger partial charge in [0.15, 0.2) is 5.17 Å². The van der Waals surface area contributed by atoms with Crippen molar-refractivity contribution in [1.82, 2.24) is 10.6 Å². The van der Waals surface area contributed by atoms with Crippen molar-refractivity contribution in [2.75, 3.05) is 6.54 Å². The van der Waals surface area contributed by atoms with Crippen molar-refractivity contribution in [2.45, 2.75) is 24.5 Å². The molecule has 1 aromatic carbocycles. The van der Waals surface area contributed by atoms with Crippen LogP contribution < -0.4 is 15.7 Å². The molecule has 8 nitrogen and oxygen atoms in total. The van der Waals surface area contributed by atoms with Crippen LogP contribution in [0.5, 0.6) is 0 Å². The van der Waals surface area contributed by atoms with Crippen LogP contribution in [0.2, 0.25) is 0 Å². The SMILES string of the molecule is O=C([O-])CCCNC(=O)C[C@@H]1S\C(=N/N=C\C=C\c2ccccc2)NC1=O. The summed E-state index contributed by atoms with van der Waals surface area (Å²) in [6, 6.07) is 9.71. The molecule has 9 heteroatoms. The molecule has 1 aromatic rings. The number of nitrogens with zero attached hydrogens (tertiary/aromatic N) is 2. The van der Waals surface area contributed by atoms with Crippen LogP contribution in [0.4, 0.5) is 0 Å². The van der Waals surface area contributed by atoms with E-state index in [4.69, 9.17) is 0 Å². The van der Waals surface area contributed by atoms with Gasteiger partial charge in [-0.25, -0.2) is 0 Å². The molecular formula is C18H19N4O4S-. The summed E-state index contributed by atoms with van der Waals surface area (Å²) in [5.74, 6) is -1.79. The second-order valence-electron chi connectivity index (χ2n) is 5.56. The maximum Gasteiger partial charge on any atom is 0.240 e. The van der Waals surface area contributed by atoms with Gasteiger partial charge in [0.1, 0.15) is 5.25 Å². The zero-order valence-corrected chi connectivity index (χ0v) is 15.3. The fourth-order valence-electron chi connectivity index (χ4n) is 2.13. The predicted octanol–water partition coefficient (Wildman–Crippen LogP) is 0.310. The van der Waals surface area contributed by atoms with Gasteiger partial charge in [-0.1, -0.05) is 48.2 Å². The molecule has 2 N–H and O–H groups in total. The lowest BCUT2D eigenvalue weighted by Crippen LogP contribution is -2.32. The van der Waals surface area contributed by atoms with Crippen molar-refractivity contribution in [3.63, 3.8) is 0 Å². The minimum absolute atomic E-state index is 0.0154.